The molecule has 0 saturated heterocycles. The van der Waals surface area contributed by atoms with Crippen LogP contribution >= 0.6 is 15.9 Å². The van der Waals surface area contributed by atoms with Crippen molar-refractivity contribution in [1.29, 1.82) is 0 Å². The number of carbonyl (C=O) groups excluding carboxylic acids is 1. The van der Waals surface area contributed by atoms with Crippen molar-refractivity contribution >= 4 is 21.7 Å². The molecule has 0 aliphatic heterocycles. The highest BCUT2D eigenvalue weighted by molar-refractivity contribution is 9.10. The second kappa shape index (κ2) is 6.00. The first-order valence-electron chi connectivity index (χ1n) is 5.92. The molecule has 1 aromatic heterocycles. The minimum absolute atomic E-state index is 0.105. The summed E-state index contributed by atoms with van der Waals surface area (Å²) in [5.41, 5.74) is 0.768. The van der Waals surface area contributed by atoms with Gasteiger partial charge in [0.25, 0.3) is 11.6 Å². The van der Waals surface area contributed by atoms with Crippen LogP contribution in [0.3, 0.4) is 0 Å². The topological polar surface area (TPSA) is 61.2 Å². The Hall–Kier alpha value is -1.95. The smallest absolute Gasteiger partial charge is 0.299 e. The summed E-state index contributed by atoms with van der Waals surface area (Å²) in [6, 6.07) is 8.52. The molecule has 104 valence electrons. The number of aromatic nitrogens is 2. The lowest BCUT2D eigenvalue weighted by atomic mass is 10.1. The molecule has 0 N–H and O–H groups in total. The summed E-state index contributed by atoms with van der Waals surface area (Å²) in [6.07, 6.45) is 0. The monoisotopic (exact) mass is 336 g/mol. The highest BCUT2D eigenvalue weighted by atomic mass is 79.9. The molecule has 0 spiro atoms. The number of halogens is 1. The fourth-order valence-electron chi connectivity index (χ4n) is 1.79. The van der Waals surface area contributed by atoms with E-state index in [1.165, 1.54) is 17.7 Å². The maximum absolute atomic E-state index is 12.2. The van der Waals surface area contributed by atoms with Gasteiger partial charge in [-0.25, -0.2) is 4.98 Å². The normalized spacial score (nSPS) is 10.3. The summed E-state index contributed by atoms with van der Waals surface area (Å²) in [6.45, 7) is 1.59. The Balaban J connectivity index is 2.35. The molecular formula is C14H13BrN2O3. The van der Waals surface area contributed by atoms with Gasteiger partial charge in [-0.15, -0.1) is 0 Å². The Kier molecular flexibility index (Phi) is 4.34. The molecule has 2 rings (SSSR count). The van der Waals surface area contributed by atoms with Gasteiger partial charge in [0.15, 0.2) is 5.78 Å². The van der Waals surface area contributed by atoms with E-state index < -0.39 is 0 Å². The minimum Gasteiger partial charge on any atom is -0.468 e. The van der Waals surface area contributed by atoms with E-state index >= 15 is 0 Å². The minimum atomic E-state index is -0.308. The van der Waals surface area contributed by atoms with E-state index in [4.69, 9.17) is 4.74 Å². The van der Waals surface area contributed by atoms with E-state index in [2.05, 4.69) is 20.9 Å². The maximum atomic E-state index is 12.2. The third-order valence-electron chi connectivity index (χ3n) is 2.73. The van der Waals surface area contributed by atoms with Crippen LogP contribution in [0.2, 0.25) is 0 Å². The number of Topliss-reactive ketones (excluding diaryl/α,β-unsaturated/α-hetero) is 1. The van der Waals surface area contributed by atoms with Crippen molar-refractivity contribution in [3.05, 3.63) is 56.4 Å². The third kappa shape index (κ3) is 3.14. The van der Waals surface area contributed by atoms with Crippen molar-refractivity contribution in [3.63, 3.8) is 0 Å². The average molecular weight is 337 g/mol. The van der Waals surface area contributed by atoms with Crippen molar-refractivity contribution in [2.45, 2.75) is 13.5 Å². The zero-order valence-corrected chi connectivity index (χ0v) is 12.7. The molecule has 0 amide bonds. The van der Waals surface area contributed by atoms with Gasteiger partial charge in [-0.1, -0.05) is 28.1 Å². The van der Waals surface area contributed by atoms with Crippen LogP contribution < -0.4 is 10.3 Å². The van der Waals surface area contributed by atoms with Crippen molar-refractivity contribution in [2.75, 3.05) is 7.11 Å². The Bertz CT molecular complexity index is 710. The molecule has 0 radical (unpaired) electrons. The molecule has 2 aromatic rings. The molecule has 0 unspecified atom stereocenters. The lowest BCUT2D eigenvalue weighted by molar-refractivity contribution is 0.0965. The number of nitrogens with zero attached hydrogens (tertiary/aromatic N) is 2. The molecule has 0 atom stereocenters. The van der Waals surface area contributed by atoms with Crippen LogP contribution in [0, 0.1) is 6.92 Å². The summed E-state index contributed by atoms with van der Waals surface area (Å²) < 4.78 is 7.09. The van der Waals surface area contributed by atoms with Crippen LogP contribution in [0.5, 0.6) is 6.01 Å². The first-order chi connectivity index (χ1) is 9.51. The Morgan fingerprint density at radius 3 is 2.80 bits per heavy atom. The van der Waals surface area contributed by atoms with Gasteiger partial charge in [0.1, 0.15) is 0 Å². The van der Waals surface area contributed by atoms with Crippen LogP contribution in [-0.2, 0) is 6.54 Å². The van der Waals surface area contributed by atoms with Crippen molar-refractivity contribution in [2.24, 2.45) is 0 Å². The average Bonchev–Trinajstić information content (AvgIpc) is 2.41. The zero-order chi connectivity index (χ0) is 14.7. The Morgan fingerprint density at radius 2 is 2.15 bits per heavy atom. The van der Waals surface area contributed by atoms with Gasteiger partial charge in [-0.3, -0.25) is 14.2 Å². The van der Waals surface area contributed by atoms with E-state index in [0.717, 1.165) is 4.47 Å². The number of benzene rings is 1. The van der Waals surface area contributed by atoms with E-state index in [-0.39, 0.29) is 23.9 Å². The van der Waals surface area contributed by atoms with Crippen LogP contribution in [0.25, 0.3) is 0 Å². The number of ketones is 1. The summed E-state index contributed by atoms with van der Waals surface area (Å²) in [5.74, 6) is -0.183. The summed E-state index contributed by atoms with van der Waals surface area (Å²) >= 11 is 3.31. The van der Waals surface area contributed by atoms with Gasteiger partial charge in [-0.05, 0) is 19.1 Å². The second-order valence-corrected chi connectivity index (χ2v) is 5.16. The molecule has 0 aliphatic rings. The van der Waals surface area contributed by atoms with Crippen LogP contribution in [0.4, 0.5) is 0 Å². The highest BCUT2D eigenvalue weighted by Crippen LogP contribution is 2.13. The highest BCUT2D eigenvalue weighted by Gasteiger charge is 2.13. The van der Waals surface area contributed by atoms with E-state index in [1.807, 2.05) is 6.07 Å². The first-order valence-corrected chi connectivity index (χ1v) is 6.72. The molecule has 6 heteroatoms. The standard InChI is InChI=1S/C14H13BrN2O3/c1-9-6-13(19)17(14(16-9)20-2)8-12(18)10-4-3-5-11(15)7-10/h3-7H,8H2,1-2H3. The number of hydrogen-bond donors (Lipinski definition) is 0. The number of ether oxygens (including phenoxy) is 1. The largest absolute Gasteiger partial charge is 0.468 e. The molecular weight excluding hydrogens is 324 g/mol. The Morgan fingerprint density at radius 1 is 1.40 bits per heavy atom. The van der Waals surface area contributed by atoms with Crippen LogP contribution in [0.1, 0.15) is 16.1 Å². The van der Waals surface area contributed by atoms with Crippen LogP contribution in [0.15, 0.2) is 39.6 Å². The molecule has 0 saturated carbocycles. The lowest BCUT2D eigenvalue weighted by Gasteiger charge is -2.10. The lowest BCUT2D eigenvalue weighted by Crippen LogP contribution is -2.26. The maximum Gasteiger partial charge on any atom is 0.299 e. The molecule has 0 fully saturated rings. The second-order valence-electron chi connectivity index (χ2n) is 4.24. The van der Waals surface area contributed by atoms with Gasteiger partial charge >= 0.3 is 0 Å². The summed E-state index contributed by atoms with van der Waals surface area (Å²) in [4.78, 5) is 28.2. The molecule has 5 nitrogen and oxygen atoms in total. The number of carbonyl (C=O) groups is 1. The first kappa shape index (κ1) is 14.5. The zero-order valence-electron chi connectivity index (χ0n) is 11.1. The SMILES string of the molecule is COc1nc(C)cc(=O)n1CC(=O)c1cccc(Br)c1. The van der Waals surface area contributed by atoms with Gasteiger partial charge in [-0.2, -0.15) is 0 Å². The molecule has 0 bridgehead atoms. The summed E-state index contributed by atoms with van der Waals surface area (Å²) in [5, 5.41) is 0. The van der Waals surface area contributed by atoms with E-state index in [9.17, 15) is 9.59 Å². The van der Waals surface area contributed by atoms with E-state index in [0.29, 0.717) is 11.3 Å². The van der Waals surface area contributed by atoms with Gasteiger partial charge < -0.3 is 4.74 Å². The van der Waals surface area contributed by atoms with Gasteiger partial charge in [0, 0.05) is 21.8 Å². The van der Waals surface area contributed by atoms with Gasteiger partial charge in [0.2, 0.25) is 0 Å². The van der Waals surface area contributed by atoms with Crippen molar-refractivity contribution in [3.8, 4) is 6.01 Å². The molecule has 1 heterocycles. The fourth-order valence-corrected chi connectivity index (χ4v) is 2.19. The molecule has 0 aliphatic carbocycles. The van der Waals surface area contributed by atoms with Crippen molar-refractivity contribution in [1.82, 2.24) is 9.55 Å². The fraction of sp³-hybridized carbons (Fsp3) is 0.214. The number of rotatable bonds is 4. The predicted molar refractivity (Wildman–Crippen MR) is 78.3 cm³/mol. The summed E-state index contributed by atoms with van der Waals surface area (Å²) in [7, 11) is 1.42. The number of aryl methyl sites for hydroxylation is 1. The van der Waals surface area contributed by atoms with Gasteiger partial charge in [0.05, 0.1) is 13.7 Å². The Labute approximate surface area is 124 Å². The number of hydrogen-bond acceptors (Lipinski definition) is 4. The quantitative estimate of drug-likeness (QED) is 0.803. The molecule has 1 aromatic carbocycles. The predicted octanol–water partition coefficient (Wildman–Crippen LogP) is 2.21. The van der Waals surface area contributed by atoms with Crippen molar-refractivity contribution < 1.29 is 9.53 Å². The third-order valence-corrected chi connectivity index (χ3v) is 3.23. The van der Waals surface area contributed by atoms with E-state index in [1.54, 1.807) is 25.1 Å². The molecule has 20 heavy (non-hydrogen) atoms. The van der Waals surface area contributed by atoms with Crippen LogP contribution in [-0.4, -0.2) is 22.4 Å². The number of methoxy groups -OCH3 is 1.